The molecule has 1 aliphatic rings. The fourth-order valence-electron chi connectivity index (χ4n) is 8.82. The third-order valence-corrected chi connectivity index (χ3v) is 13.0. The average Bonchev–Trinajstić information content (AvgIpc) is 3.79. The Morgan fingerprint density at radius 3 is 1.66 bits per heavy atom. The molecule has 8 aromatic carbocycles. The second-order valence-electron chi connectivity index (χ2n) is 15.6. The van der Waals surface area contributed by atoms with Crippen LogP contribution in [0, 0.1) is 0 Å². The molecule has 0 saturated carbocycles. The van der Waals surface area contributed by atoms with E-state index >= 15 is 0 Å². The van der Waals surface area contributed by atoms with E-state index in [1.807, 2.05) is 29.5 Å². The lowest BCUT2D eigenvalue weighted by atomic mass is 9.82. The summed E-state index contributed by atoms with van der Waals surface area (Å²) in [6.45, 7) is 4.62. The van der Waals surface area contributed by atoms with Crippen LogP contribution in [-0.4, -0.2) is 15.0 Å². The summed E-state index contributed by atoms with van der Waals surface area (Å²) in [6, 6.07) is 67.2. The van der Waals surface area contributed by atoms with Gasteiger partial charge < -0.3 is 0 Å². The minimum absolute atomic E-state index is 0.140. The Morgan fingerprint density at radius 1 is 0.362 bits per heavy atom. The van der Waals surface area contributed by atoms with Crippen LogP contribution in [0.25, 0.3) is 98.8 Å². The molecule has 10 aromatic rings. The largest absolute Gasteiger partial charge is 0.208 e. The highest BCUT2D eigenvalue weighted by Crippen LogP contribution is 2.52. The topological polar surface area (TPSA) is 38.7 Å². The number of nitrogens with zero attached hydrogens (tertiary/aromatic N) is 3. The summed E-state index contributed by atoms with van der Waals surface area (Å²) >= 11 is 1.87. The summed E-state index contributed by atoms with van der Waals surface area (Å²) in [5.41, 5.74) is 14.7. The molecule has 0 aliphatic heterocycles. The van der Waals surface area contributed by atoms with Crippen molar-refractivity contribution in [3.63, 3.8) is 0 Å². The van der Waals surface area contributed by atoms with Crippen LogP contribution in [0.2, 0.25) is 0 Å². The predicted octanol–water partition coefficient (Wildman–Crippen LogP) is 14.5. The SMILES string of the molecule is CC1(C)c2ccccc2-c2c(-c3nc(-c4ccccc4)nc(-c4cc(-c5ccccc5)cc(-c5ccc(-c6cccc7c6sc6ccccc67)cc5)c4)n3)cccc21. The molecular weight excluding hydrogens is 723 g/mol. The molecule has 0 unspecified atom stereocenters. The van der Waals surface area contributed by atoms with Crippen LogP contribution >= 0.6 is 11.3 Å². The van der Waals surface area contributed by atoms with Crippen molar-refractivity contribution in [2.24, 2.45) is 0 Å². The zero-order valence-corrected chi connectivity index (χ0v) is 33.0. The van der Waals surface area contributed by atoms with Gasteiger partial charge in [-0.05, 0) is 79.9 Å². The highest BCUT2D eigenvalue weighted by molar-refractivity contribution is 7.26. The van der Waals surface area contributed by atoms with Gasteiger partial charge in [-0.15, -0.1) is 11.3 Å². The Morgan fingerprint density at radius 2 is 0.879 bits per heavy atom. The second-order valence-corrected chi connectivity index (χ2v) is 16.6. The number of thiophene rings is 1. The van der Waals surface area contributed by atoms with E-state index in [-0.39, 0.29) is 5.41 Å². The maximum Gasteiger partial charge on any atom is 0.164 e. The van der Waals surface area contributed by atoms with Crippen LogP contribution < -0.4 is 0 Å². The van der Waals surface area contributed by atoms with Crippen LogP contribution in [-0.2, 0) is 5.41 Å². The minimum Gasteiger partial charge on any atom is -0.208 e. The lowest BCUT2D eigenvalue weighted by Gasteiger charge is -2.21. The van der Waals surface area contributed by atoms with E-state index in [4.69, 9.17) is 15.0 Å². The molecule has 3 nitrogen and oxygen atoms in total. The summed E-state index contributed by atoms with van der Waals surface area (Å²) in [6.07, 6.45) is 0. The quantitative estimate of drug-likeness (QED) is 0.169. The first-order valence-electron chi connectivity index (χ1n) is 19.8. The summed E-state index contributed by atoms with van der Waals surface area (Å²) in [5, 5.41) is 2.62. The van der Waals surface area contributed by atoms with Gasteiger partial charge >= 0.3 is 0 Å². The van der Waals surface area contributed by atoms with E-state index in [0.717, 1.165) is 38.9 Å². The molecule has 1 aliphatic carbocycles. The Labute approximate surface area is 342 Å². The molecule has 58 heavy (non-hydrogen) atoms. The molecule has 0 N–H and O–H groups in total. The van der Waals surface area contributed by atoms with Gasteiger partial charge in [0.05, 0.1) is 0 Å². The van der Waals surface area contributed by atoms with E-state index < -0.39 is 0 Å². The third-order valence-electron chi connectivity index (χ3n) is 11.7. The zero-order valence-electron chi connectivity index (χ0n) is 32.1. The molecule has 0 spiro atoms. The van der Waals surface area contributed by atoms with Gasteiger partial charge in [-0.25, -0.2) is 15.0 Å². The fraction of sp³-hybridized carbons (Fsp3) is 0.0556. The van der Waals surface area contributed by atoms with Gasteiger partial charge in [0.1, 0.15) is 0 Å². The third kappa shape index (κ3) is 5.68. The highest BCUT2D eigenvalue weighted by atomic mass is 32.1. The Kier molecular flexibility index (Phi) is 8.02. The van der Waals surface area contributed by atoms with Crippen molar-refractivity contribution in [2.75, 3.05) is 0 Å². The molecule has 0 atom stereocenters. The van der Waals surface area contributed by atoms with E-state index in [9.17, 15) is 0 Å². The molecular formula is C54H37N3S. The molecule has 2 heterocycles. The summed E-state index contributed by atoms with van der Waals surface area (Å²) in [5.74, 6) is 1.95. The average molecular weight is 760 g/mol. The van der Waals surface area contributed by atoms with Crippen LogP contribution in [0.15, 0.2) is 188 Å². The van der Waals surface area contributed by atoms with Gasteiger partial charge in [0.25, 0.3) is 0 Å². The summed E-state index contributed by atoms with van der Waals surface area (Å²) in [4.78, 5) is 15.8. The van der Waals surface area contributed by atoms with E-state index in [1.54, 1.807) is 0 Å². The van der Waals surface area contributed by atoms with Crippen molar-refractivity contribution in [3.05, 3.63) is 199 Å². The van der Waals surface area contributed by atoms with Crippen LogP contribution in [0.4, 0.5) is 0 Å². The first kappa shape index (κ1) is 34.3. The summed E-state index contributed by atoms with van der Waals surface area (Å²) < 4.78 is 2.63. The number of hydrogen-bond donors (Lipinski definition) is 0. The van der Waals surface area contributed by atoms with Crippen LogP contribution in [0.5, 0.6) is 0 Å². The molecule has 0 radical (unpaired) electrons. The number of aromatic nitrogens is 3. The number of hydrogen-bond acceptors (Lipinski definition) is 4. The van der Waals surface area contributed by atoms with Gasteiger partial charge in [0.2, 0.25) is 0 Å². The normalized spacial score (nSPS) is 12.8. The van der Waals surface area contributed by atoms with Crippen molar-refractivity contribution in [1.29, 1.82) is 0 Å². The molecule has 0 bridgehead atoms. The zero-order chi connectivity index (χ0) is 38.8. The van der Waals surface area contributed by atoms with Crippen LogP contribution in [0.3, 0.4) is 0 Å². The van der Waals surface area contributed by atoms with Crippen molar-refractivity contribution in [2.45, 2.75) is 19.3 Å². The van der Waals surface area contributed by atoms with Gasteiger partial charge in [0.15, 0.2) is 17.5 Å². The monoisotopic (exact) mass is 759 g/mol. The standard InChI is InChI=1S/C54H37N3S/c1-54(2)46-24-11-9-20-44(46)49-45(23-14-25-47(49)54)53-56-51(37-17-7-4-8-18-37)55-52(57-53)40-32-38(34-15-5-3-6-16-34)31-39(33-40)35-27-29-36(30-28-35)41-21-13-22-43-42-19-10-12-26-48(42)58-50(41)43/h3-33H,1-2H3. The second kappa shape index (κ2) is 13.6. The molecule has 4 heteroatoms. The van der Waals surface area contributed by atoms with Crippen molar-refractivity contribution >= 4 is 31.5 Å². The van der Waals surface area contributed by atoms with E-state index in [1.165, 1.54) is 53.6 Å². The van der Waals surface area contributed by atoms with Crippen molar-refractivity contribution in [1.82, 2.24) is 15.0 Å². The van der Waals surface area contributed by atoms with Crippen molar-refractivity contribution in [3.8, 4) is 78.7 Å². The first-order valence-corrected chi connectivity index (χ1v) is 20.6. The smallest absolute Gasteiger partial charge is 0.164 e. The number of benzene rings is 8. The molecule has 0 saturated heterocycles. The Bertz CT molecular complexity index is 3180. The molecule has 274 valence electrons. The van der Waals surface area contributed by atoms with Gasteiger partial charge in [0, 0.05) is 42.3 Å². The molecule has 0 fully saturated rings. The highest BCUT2D eigenvalue weighted by Gasteiger charge is 2.37. The maximum absolute atomic E-state index is 5.35. The number of fused-ring (bicyclic) bond motifs is 6. The van der Waals surface area contributed by atoms with Gasteiger partial charge in [-0.1, -0.05) is 178 Å². The van der Waals surface area contributed by atoms with Crippen LogP contribution in [0.1, 0.15) is 25.0 Å². The first-order chi connectivity index (χ1) is 28.5. The molecule has 11 rings (SSSR count). The lowest BCUT2D eigenvalue weighted by Crippen LogP contribution is -2.14. The maximum atomic E-state index is 5.35. The lowest BCUT2D eigenvalue weighted by molar-refractivity contribution is 0.660. The molecule has 0 amide bonds. The minimum atomic E-state index is -0.140. The molecule has 2 aromatic heterocycles. The van der Waals surface area contributed by atoms with Crippen molar-refractivity contribution < 1.29 is 0 Å². The van der Waals surface area contributed by atoms with Gasteiger partial charge in [-0.2, -0.15) is 0 Å². The van der Waals surface area contributed by atoms with E-state index in [2.05, 4.69) is 184 Å². The Balaban J connectivity index is 1.08. The predicted molar refractivity (Wildman–Crippen MR) is 243 cm³/mol. The summed E-state index contributed by atoms with van der Waals surface area (Å²) in [7, 11) is 0. The van der Waals surface area contributed by atoms with E-state index in [0.29, 0.717) is 17.5 Å². The van der Waals surface area contributed by atoms with Gasteiger partial charge in [-0.3, -0.25) is 0 Å². The Hall–Kier alpha value is -7.01. The fourth-order valence-corrected chi connectivity index (χ4v) is 10.1. The number of rotatable bonds is 6.